The van der Waals surface area contributed by atoms with Crippen LogP contribution in [0.5, 0.6) is 0 Å². The van der Waals surface area contributed by atoms with Gasteiger partial charge in [-0.3, -0.25) is 14.9 Å². The number of non-ortho nitro benzene ring substituents is 1. The van der Waals surface area contributed by atoms with Crippen molar-refractivity contribution in [2.24, 2.45) is 0 Å². The molecule has 0 saturated carbocycles. The van der Waals surface area contributed by atoms with E-state index in [0.717, 1.165) is 6.07 Å². The maximum atomic E-state index is 12.1. The molecule has 0 aliphatic rings. The van der Waals surface area contributed by atoms with Crippen LogP contribution in [0, 0.1) is 10.1 Å². The molecule has 2 rings (SSSR count). The fraction of sp³-hybridized carbons (Fsp3) is 0.231. The van der Waals surface area contributed by atoms with E-state index in [-0.39, 0.29) is 17.1 Å². The van der Waals surface area contributed by atoms with Gasteiger partial charge in [-0.25, -0.2) is 4.79 Å². The lowest BCUT2D eigenvalue weighted by atomic mass is 10.1. The summed E-state index contributed by atoms with van der Waals surface area (Å²) < 4.78 is 1.61. The van der Waals surface area contributed by atoms with Gasteiger partial charge in [0.1, 0.15) is 5.56 Å². The molecule has 0 aliphatic heterocycles. The third-order valence-corrected chi connectivity index (χ3v) is 3.01. The normalized spacial score (nSPS) is 10.9. The zero-order valence-corrected chi connectivity index (χ0v) is 10.9. The molecule has 0 radical (unpaired) electrons. The minimum Gasteiger partial charge on any atom is -0.477 e. The molecule has 1 aromatic carbocycles. The van der Waals surface area contributed by atoms with Crippen molar-refractivity contribution in [3.63, 3.8) is 0 Å². The van der Waals surface area contributed by atoms with Gasteiger partial charge in [-0.1, -0.05) is 0 Å². The molecule has 0 unspecified atom stereocenters. The quantitative estimate of drug-likeness (QED) is 0.683. The first-order chi connectivity index (χ1) is 9.32. The van der Waals surface area contributed by atoms with Crippen LogP contribution in [-0.2, 0) is 0 Å². The number of pyridine rings is 1. The molecule has 0 amide bonds. The first kappa shape index (κ1) is 13.7. The Morgan fingerprint density at radius 3 is 2.55 bits per heavy atom. The van der Waals surface area contributed by atoms with E-state index in [0.29, 0.717) is 5.52 Å². The Bertz CT molecular complexity index is 776. The van der Waals surface area contributed by atoms with Crippen LogP contribution in [0.15, 0.2) is 29.2 Å². The number of nitro groups is 1. The van der Waals surface area contributed by atoms with E-state index < -0.39 is 21.9 Å². The lowest BCUT2D eigenvalue weighted by Crippen LogP contribution is -2.19. The second-order valence-electron chi connectivity index (χ2n) is 4.64. The molecule has 1 heterocycles. The van der Waals surface area contributed by atoms with Crippen molar-refractivity contribution in [2.45, 2.75) is 19.9 Å². The van der Waals surface area contributed by atoms with E-state index in [1.807, 2.05) is 13.8 Å². The highest BCUT2D eigenvalue weighted by Gasteiger charge is 2.18. The number of benzene rings is 1. The number of aromatic nitrogens is 1. The van der Waals surface area contributed by atoms with Gasteiger partial charge < -0.3 is 9.67 Å². The molecule has 1 aromatic heterocycles. The van der Waals surface area contributed by atoms with Crippen molar-refractivity contribution >= 4 is 22.6 Å². The predicted octanol–water partition coefficient (Wildman–Crippen LogP) is 2.19. The third-order valence-electron chi connectivity index (χ3n) is 3.01. The second kappa shape index (κ2) is 4.76. The van der Waals surface area contributed by atoms with Crippen LogP contribution in [0.4, 0.5) is 5.69 Å². The molecule has 2 aromatic rings. The molecule has 0 bridgehead atoms. The first-order valence-electron chi connectivity index (χ1n) is 5.89. The Kier molecular flexibility index (Phi) is 3.27. The molecule has 0 aliphatic carbocycles. The Morgan fingerprint density at radius 1 is 1.40 bits per heavy atom. The molecule has 0 fully saturated rings. The van der Waals surface area contributed by atoms with Gasteiger partial charge in [0.2, 0.25) is 5.43 Å². The number of hydrogen-bond donors (Lipinski definition) is 1. The number of carboxylic acid groups (broad SMARTS) is 1. The number of rotatable bonds is 3. The van der Waals surface area contributed by atoms with Gasteiger partial charge >= 0.3 is 5.97 Å². The van der Waals surface area contributed by atoms with Gasteiger partial charge in [-0.15, -0.1) is 0 Å². The van der Waals surface area contributed by atoms with Crippen molar-refractivity contribution in [2.75, 3.05) is 0 Å². The molecular formula is C13H12N2O5. The monoisotopic (exact) mass is 276 g/mol. The summed E-state index contributed by atoms with van der Waals surface area (Å²) in [5, 5.41) is 19.9. The maximum absolute atomic E-state index is 12.1. The average molecular weight is 276 g/mol. The summed E-state index contributed by atoms with van der Waals surface area (Å²) in [5.74, 6) is -1.35. The fourth-order valence-electron chi connectivity index (χ4n) is 2.04. The Labute approximate surface area is 113 Å². The van der Waals surface area contributed by atoms with Gasteiger partial charge in [-0.05, 0) is 19.9 Å². The van der Waals surface area contributed by atoms with Crippen molar-refractivity contribution in [3.8, 4) is 0 Å². The second-order valence-corrected chi connectivity index (χ2v) is 4.64. The largest absolute Gasteiger partial charge is 0.477 e. The minimum atomic E-state index is -1.35. The number of carboxylic acids is 1. The number of nitro benzene ring substituents is 1. The van der Waals surface area contributed by atoms with E-state index in [4.69, 9.17) is 5.11 Å². The molecule has 104 valence electrons. The van der Waals surface area contributed by atoms with Gasteiger partial charge in [0.25, 0.3) is 5.69 Å². The van der Waals surface area contributed by atoms with Crippen LogP contribution in [0.1, 0.15) is 30.2 Å². The van der Waals surface area contributed by atoms with Crippen LogP contribution < -0.4 is 5.43 Å². The number of carbonyl (C=O) groups is 1. The zero-order valence-electron chi connectivity index (χ0n) is 10.9. The standard InChI is InChI=1S/C13H12N2O5/c1-7(2)14-6-10(13(17)18)12(16)9-5-8(15(19)20)3-4-11(9)14/h3-7H,1-2H3,(H,17,18). The van der Waals surface area contributed by atoms with E-state index in [1.165, 1.54) is 18.3 Å². The van der Waals surface area contributed by atoms with E-state index in [2.05, 4.69) is 0 Å². The highest BCUT2D eigenvalue weighted by Crippen LogP contribution is 2.21. The van der Waals surface area contributed by atoms with E-state index in [1.54, 1.807) is 4.57 Å². The topological polar surface area (TPSA) is 102 Å². The summed E-state index contributed by atoms with van der Waals surface area (Å²) in [5.41, 5.74) is -0.882. The van der Waals surface area contributed by atoms with Gasteiger partial charge in [0.15, 0.2) is 0 Å². The molecule has 0 spiro atoms. The summed E-state index contributed by atoms with van der Waals surface area (Å²) in [6.45, 7) is 3.66. The summed E-state index contributed by atoms with van der Waals surface area (Å²) in [6, 6.07) is 3.78. The van der Waals surface area contributed by atoms with Crippen LogP contribution in [0.2, 0.25) is 0 Å². The molecular weight excluding hydrogens is 264 g/mol. The Balaban J connectivity index is 2.95. The number of aromatic carboxylic acids is 1. The summed E-state index contributed by atoms with van der Waals surface area (Å²) in [4.78, 5) is 33.4. The molecule has 0 saturated heterocycles. The minimum absolute atomic E-state index is 0.0350. The van der Waals surface area contributed by atoms with Gasteiger partial charge in [0.05, 0.1) is 15.8 Å². The van der Waals surface area contributed by atoms with Crippen molar-refractivity contribution < 1.29 is 14.8 Å². The van der Waals surface area contributed by atoms with Gasteiger partial charge in [-0.2, -0.15) is 0 Å². The van der Waals surface area contributed by atoms with Crippen LogP contribution in [-0.4, -0.2) is 20.6 Å². The highest BCUT2D eigenvalue weighted by atomic mass is 16.6. The Morgan fingerprint density at radius 2 is 2.05 bits per heavy atom. The molecule has 7 nitrogen and oxygen atoms in total. The predicted molar refractivity (Wildman–Crippen MR) is 72.2 cm³/mol. The van der Waals surface area contributed by atoms with Gasteiger partial charge in [0, 0.05) is 24.4 Å². The third kappa shape index (κ3) is 2.13. The van der Waals surface area contributed by atoms with Crippen molar-refractivity contribution in [1.29, 1.82) is 0 Å². The Hall–Kier alpha value is -2.70. The number of fused-ring (bicyclic) bond motifs is 1. The van der Waals surface area contributed by atoms with Crippen molar-refractivity contribution in [1.82, 2.24) is 4.57 Å². The number of hydrogen-bond acceptors (Lipinski definition) is 4. The van der Waals surface area contributed by atoms with E-state index >= 15 is 0 Å². The first-order valence-corrected chi connectivity index (χ1v) is 5.89. The summed E-state index contributed by atoms with van der Waals surface area (Å²) in [6.07, 6.45) is 1.27. The highest BCUT2D eigenvalue weighted by molar-refractivity contribution is 5.93. The zero-order chi connectivity index (χ0) is 15.0. The molecule has 1 N–H and O–H groups in total. The smallest absolute Gasteiger partial charge is 0.341 e. The molecule has 20 heavy (non-hydrogen) atoms. The van der Waals surface area contributed by atoms with Crippen LogP contribution in [0.25, 0.3) is 10.9 Å². The maximum Gasteiger partial charge on any atom is 0.341 e. The summed E-state index contributed by atoms with van der Waals surface area (Å²) in [7, 11) is 0. The average Bonchev–Trinajstić information content (AvgIpc) is 2.37. The SMILES string of the molecule is CC(C)n1cc(C(=O)O)c(=O)c2cc([N+](=O)[O-])ccc21. The summed E-state index contributed by atoms with van der Waals surface area (Å²) >= 11 is 0. The fourth-order valence-corrected chi connectivity index (χ4v) is 2.04. The lowest BCUT2D eigenvalue weighted by molar-refractivity contribution is -0.384. The number of nitrogens with zero attached hydrogens (tertiary/aromatic N) is 2. The lowest BCUT2D eigenvalue weighted by Gasteiger charge is -2.15. The molecule has 0 atom stereocenters. The van der Waals surface area contributed by atoms with Crippen molar-refractivity contribution in [3.05, 3.63) is 50.3 Å². The van der Waals surface area contributed by atoms with E-state index in [9.17, 15) is 19.7 Å². The molecule has 7 heteroatoms. The van der Waals surface area contributed by atoms with Crippen LogP contribution >= 0.6 is 0 Å². The van der Waals surface area contributed by atoms with Crippen LogP contribution in [0.3, 0.4) is 0 Å².